The molecule has 0 saturated heterocycles. The first-order chi connectivity index (χ1) is 7.36. The highest BCUT2D eigenvalue weighted by molar-refractivity contribution is 6.53. The zero-order valence-electron chi connectivity index (χ0n) is 8.34. The molecule has 0 saturated carbocycles. The molecule has 0 N–H and O–H groups in total. The molecule has 1 heterocycles. The largest absolute Gasteiger partial charge is 0.501 e. The van der Waals surface area contributed by atoms with Crippen molar-refractivity contribution in [2.45, 2.75) is 10.8 Å². The van der Waals surface area contributed by atoms with E-state index in [1.54, 1.807) is 0 Å². The van der Waals surface area contributed by atoms with E-state index in [0.29, 0.717) is 11.8 Å². The maximum absolute atomic E-state index is 10.6. The van der Waals surface area contributed by atoms with Crippen LogP contribution in [0.3, 0.4) is 0 Å². The van der Waals surface area contributed by atoms with Crippen LogP contribution in [0, 0.1) is 0 Å². The minimum Gasteiger partial charge on any atom is -0.501 e. The third-order valence-electron chi connectivity index (χ3n) is 2.27. The van der Waals surface area contributed by atoms with Gasteiger partial charge in [-0.1, -0.05) is 0 Å². The molecule has 0 atom stereocenters. The van der Waals surface area contributed by atoms with E-state index >= 15 is 0 Å². The minimum absolute atomic E-state index is 0.223. The lowest BCUT2D eigenvalue weighted by molar-refractivity contribution is 0.0616. The van der Waals surface area contributed by atoms with Crippen molar-refractivity contribution in [1.29, 1.82) is 0 Å². The fourth-order valence-corrected chi connectivity index (χ4v) is 1.29. The third-order valence-corrected chi connectivity index (χ3v) is 2.27. The summed E-state index contributed by atoms with van der Waals surface area (Å²) in [5, 5.41) is -3.72. The molecule has 2 rings (SSSR count). The Morgan fingerprint density at radius 3 is 2.12 bits per heavy atom. The van der Waals surface area contributed by atoms with Crippen LogP contribution in [0.4, 0.5) is 0 Å². The summed E-state index contributed by atoms with van der Waals surface area (Å²) in [6.45, 7) is 0. The van der Waals surface area contributed by atoms with Crippen LogP contribution >= 0.6 is 0 Å². The second-order valence-electron chi connectivity index (χ2n) is 3.61. The highest BCUT2D eigenvalue weighted by atomic mass is 16.6. The van der Waals surface area contributed by atoms with Crippen LogP contribution in [0.1, 0.15) is 10.4 Å². The lowest BCUT2D eigenvalue weighted by Gasteiger charge is -2.48. The van der Waals surface area contributed by atoms with Crippen LogP contribution in [0.25, 0.3) is 0 Å². The summed E-state index contributed by atoms with van der Waals surface area (Å²) in [7, 11) is 22.2. The Kier molecular flexibility index (Phi) is 2.37. The van der Waals surface area contributed by atoms with E-state index in [1.807, 2.05) is 0 Å². The smallest absolute Gasteiger partial charge is 0.160 e. The Hall–Kier alpha value is -1.25. The number of carbonyl (C=O) groups is 1. The van der Waals surface area contributed by atoms with Gasteiger partial charge in [-0.3, -0.25) is 4.79 Å². The van der Waals surface area contributed by atoms with Gasteiger partial charge in [0.15, 0.2) is 11.5 Å². The average Bonchev–Trinajstić information content (AvgIpc) is 2.18. The zero-order chi connectivity index (χ0) is 12.0. The van der Waals surface area contributed by atoms with Gasteiger partial charge < -0.3 is 9.47 Å². The second kappa shape index (κ2) is 3.37. The van der Waals surface area contributed by atoms with Crippen molar-refractivity contribution in [1.82, 2.24) is 0 Å². The molecule has 16 heavy (non-hydrogen) atoms. The van der Waals surface area contributed by atoms with Crippen LogP contribution in [0.5, 0.6) is 11.5 Å². The molecule has 0 fully saturated rings. The first-order valence-electron chi connectivity index (χ1n) is 4.48. The van der Waals surface area contributed by atoms with Gasteiger partial charge in [0.1, 0.15) is 37.7 Å². The standard InChI is InChI=1S/C9H4B4O3/c10-8(11)9(12,13)16-7-3-5(4-14)1-2-6(7)15-8/h1-4H. The number of carbonyl (C=O) groups excluding carboxylic acids is 1. The number of hydrogen-bond acceptors (Lipinski definition) is 3. The minimum atomic E-state index is -1.87. The predicted molar refractivity (Wildman–Crippen MR) is 61.6 cm³/mol. The van der Waals surface area contributed by atoms with E-state index in [0.717, 1.165) is 0 Å². The summed E-state index contributed by atoms with van der Waals surface area (Å²) >= 11 is 0. The summed E-state index contributed by atoms with van der Waals surface area (Å²) in [5.41, 5.74) is 0.402. The molecule has 8 radical (unpaired) electrons. The number of benzene rings is 1. The van der Waals surface area contributed by atoms with Gasteiger partial charge in [0.25, 0.3) is 0 Å². The van der Waals surface area contributed by atoms with Gasteiger partial charge >= 0.3 is 0 Å². The first kappa shape index (κ1) is 11.2. The van der Waals surface area contributed by atoms with Gasteiger partial charge in [-0.15, -0.1) is 0 Å². The fourth-order valence-electron chi connectivity index (χ4n) is 1.29. The van der Waals surface area contributed by atoms with Gasteiger partial charge in [0.05, 0.1) is 0 Å². The van der Waals surface area contributed by atoms with Crippen molar-refractivity contribution >= 4 is 37.7 Å². The monoisotopic (exact) mass is 204 g/mol. The van der Waals surface area contributed by atoms with Crippen LogP contribution in [-0.4, -0.2) is 48.5 Å². The Bertz CT molecular complexity index is 444. The quantitative estimate of drug-likeness (QED) is 0.445. The van der Waals surface area contributed by atoms with Crippen molar-refractivity contribution < 1.29 is 14.3 Å². The maximum atomic E-state index is 10.6. The van der Waals surface area contributed by atoms with Gasteiger partial charge in [-0.25, -0.2) is 0 Å². The SMILES string of the molecule is [B]C1([B])Oc2ccc(C=O)cc2OC1([B])[B]. The molecule has 0 spiro atoms. The molecule has 0 amide bonds. The van der Waals surface area contributed by atoms with Gasteiger partial charge in [-0.2, -0.15) is 0 Å². The van der Waals surface area contributed by atoms with Crippen LogP contribution in [-0.2, 0) is 0 Å². The molecule has 1 aromatic carbocycles. The third kappa shape index (κ3) is 1.64. The van der Waals surface area contributed by atoms with Crippen LogP contribution in [0.2, 0.25) is 0 Å². The summed E-state index contributed by atoms with van der Waals surface area (Å²) < 4.78 is 10.4. The number of rotatable bonds is 1. The molecule has 0 bridgehead atoms. The Labute approximate surface area is 98.5 Å². The first-order valence-corrected chi connectivity index (χ1v) is 4.48. The predicted octanol–water partition coefficient (Wildman–Crippen LogP) is -0.748. The van der Waals surface area contributed by atoms with Gasteiger partial charge in [0, 0.05) is 16.4 Å². The van der Waals surface area contributed by atoms with E-state index < -0.39 is 10.8 Å². The van der Waals surface area contributed by atoms with Crippen LogP contribution in [0.15, 0.2) is 18.2 Å². The van der Waals surface area contributed by atoms with Gasteiger partial charge in [0.2, 0.25) is 0 Å². The van der Waals surface area contributed by atoms with Crippen LogP contribution < -0.4 is 9.47 Å². The van der Waals surface area contributed by atoms with E-state index in [4.69, 9.17) is 40.9 Å². The normalized spacial score (nSPS) is 20.0. The molecule has 3 nitrogen and oxygen atoms in total. The van der Waals surface area contributed by atoms with Crippen molar-refractivity contribution in [2.75, 3.05) is 0 Å². The van der Waals surface area contributed by atoms with E-state index in [-0.39, 0.29) is 11.5 Å². The Morgan fingerprint density at radius 2 is 1.56 bits per heavy atom. The summed E-state index contributed by atoms with van der Waals surface area (Å²) in [5.74, 6) is 0.503. The van der Waals surface area contributed by atoms with Crippen molar-refractivity contribution in [3.8, 4) is 11.5 Å². The Balaban J connectivity index is 2.47. The topological polar surface area (TPSA) is 35.5 Å². The molecule has 0 aromatic heterocycles. The lowest BCUT2D eigenvalue weighted by atomic mass is 9.41. The van der Waals surface area contributed by atoms with E-state index in [9.17, 15) is 4.79 Å². The molecular formula is C9H4B4O3. The molecule has 1 aliphatic heterocycles. The number of ether oxygens (including phenoxy) is 2. The number of fused-ring (bicyclic) bond motifs is 1. The molecule has 0 unspecified atom stereocenters. The molecular weight excluding hydrogens is 199 g/mol. The maximum Gasteiger partial charge on any atom is 0.160 e. The average molecular weight is 203 g/mol. The Morgan fingerprint density at radius 1 is 1.00 bits per heavy atom. The summed E-state index contributed by atoms with van der Waals surface area (Å²) in [6, 6.07) is 4.47. The molecule has 1 aromatic rings. The molecule has 7 heteroatoms. The summed E-state index contributed by atoms with van der Waals surface area (Å²) in [6.07, 6.45) is 0.658. The van der Waals surface area contributed by atoms with E-state index in [2.05, 4.69) is 0 Å². The van der Waals surface area contributed by atoms with Crippen molar-refractivity contribution in [3.05, 3.63) is 23.8 Å². The summed E-state index contributed by atoms with van der Waals surface area (Å²) in [4.78, 5) is 10.6. The zero-order valence-corrected chi connectivity index (χ0v) is 8.34. The van der Waals surface area contributed by atoms with E-state index in [1.165, 1.54) is 18.2 Å². The molecule has 70 valence electrons. The highest BCUT2D eigenvalue weighted by Gasteiger charge is 2.42. The highest BCUT2D eigenvalue weighted by Crippen LogP contribution is 2.38. The molecule has 0 aliphatic carbocycles. The number of aldehydes is 1. The number of hydrogen-bond donors (Lipinski definition) is 0. The van der Waals surface area contributed by atoms with Crippen molar-refractivity contribution in [3.63, 3.8) is 0 Å². The van der Waals surface area contributed by atoms with Crippen molar-refractivity contribution in [2.24, 2.45) is 0 Å². The van der Waals surface area contributed by atoms with Gasteiger partial charge in [-0.05, 0) is 18.2 Å². The molecule has 1 aliphatic rings. The fraction of sp³-hybridized carbons (Fsp3) is 0.222. The lowest BCUT2D eigenvalue weighted by Crippen LogP contribution is -2.65. The second-order valence-corrected chi connectivity index (χ2v) is 3.61.